The van der Waals surface area contributed by atoms with Crippen LogP contribution in [-0.4, -0.2) is 5.97 Å². The summed E-state index contributed by atoms with van der Waals surface area (Å²) in [5.74, 6) is 0.237. The average molecular weight is 238 g/mol. The molecule has 0 unspecified atom stereocenters. The lowest BCUT2D eigenvalue weighted by Crippen LogP contribution is -2.21. The molecule has 2 nitrogen and oxygen atoms in total. The first-order valence-electron chi connectivity index (χ1n) is 6.13. The number of fused-ring (bicyclic) bond motifs is 1. The van der Waals surface area contributed by atoms with Crippen LogP contribution >= 0.6 is 0 Å². The molecule has 2 aromatic carbocycles. The van der Waals surface area contributed by atoms with Crippen molar-refractivity contribution in [2.45, 2.75) is 18.8 Å². The van der Waals surface area contributed by atoms with Crippen LogP contribution in [0.25, 0.3) is 10.8 Å². The van der Waals surface area contributed by atoms with Gasteiger partial charge in [-0.05, 0) is 22.8 Å². The summed E-state index contributed by atoms with van der Waals surface area (Å²) >= 11 is 0. The van der Waals surface area contributed by atoms with Gasteiger partial charge in [-0.15, -0.1) is 0 Å². The van der Waals surface area contributed by atoms with Crippen molar-refractivity contribution in [1.82, 2.24) is 0 Å². The highest BCUT2D eigenvalue weighted by molar-refractivity contribution is 5.91. The quantitative estimate of drug-likeness (QED) is 0.707. The molecule has 2 heteroatoms. The normalized spacial score (nSPS) is 19.9. The van der Waals surface area contributed by atoms with E-state index in [9.17, 15) is 4.79 Å². The van der Waals surface area contributed by atoms with Crippen LogP contribution in [-0.2, 0) is 9.53 Å². The third-order valence-electron chi connectivity index (χ3n) is 3.44. The van der Waals surface area contributed by atoms with E-state index in [1.807, 2.05) is 24.3 Å². The highest BCUT2D eigenvalue weighted by Gasteiger charge is 2.28. The van der Waals surface area contributed by atoms with E-state index in [-0.39, 0.29) is 11.9 Å². The highest BCUT2D eigenvalue weighted by Crippen LogP contribution is 2.34. The maximum Gasteiger partial charge on any atom is 0.318 e. The number of cyclic esters (lactones) is 1. The number of benzene rings is 2. The molecule has 0 N–H and O–H groups in total. The minimum Gasteiger partial charge on any atom is -0.431 e. The van der Waals surface area contributed by atoms with E-state index in [2.05, 4.69) is 24.8 Å². The summed E-state index contributed by atoms with van der Waals surface area (Å²) < 4.78 is 5.17. The third-order valence-corrected chi connectivity index (χ3v) is 3.44. The van der Waals surface area contributed by atoms with Crippen LogP contribution in [0, 0.1) is 0 Å². The Labute approximate surface area is 106 Å². The van der Waals surface area contributed by atoms with E-state index in [0.717, 1.165) is 29.2 Å². The highest BCUT2D eigenvalue weighted by atomic mass is 16.5. The van der Waals surface area contributed by atoms with Gasteiger partial charge in [0.15, 0.2) is 0 Å². The van der Waals surface area contributed by atoms with Gasteiger partial charge in [0.05, 0.1) is 5.92 Å². The van der Waals surface area contributed by atoms with Crippen LogP contribution in [0.4, 0.5) is 0 Å². The van der Waals surface area contributed by atoms with Gasteiger partial charge in [0.2, 0.25) is 0 Å². The molecule has 1 atom stereocenters. The fourth-order valence-electron chi connectivity index (χ4n) is 2.52. The summed E-state index contributed by atoms with van der Waals surface area (Å²) in [7, 11) is 0. The summed E-state index contributed by atoms with van der Waals surface area (Å²) in [4.78, 5) is 12.0. The molecule has 18 heavy (non-hydrogen) atoms. The Kier molecular flexibility index (Phi) is 2.63. The Morgan fingerprint density at radius 2 is 1.89 bits per heavy atom. The van der Waals surface area contributed by atoms with Crippen molar-refractivity contribution in [2.75, 3.05) is 0 Å². The SMILES string of the molecule is C=C1CC[C@@H](c2cccc3ccccc23)C(=O)O1. The van der Waals surface area contributed by atoms with Gasteiger partial charge in [0.1, 0.15) is 5.76 Å². The second-order valence-electron chi connectivity index (χ2n) is 4.62. The third kappa shape index (κ3) is 1.80. The van der Waals surface area contributed by atoms with Crippen LogP contribution in [0.5, 0.6) is 0 Å². The zero-order chi connectivity index (χ0) is 12.5. The van der Waals surface area contributed by atoms with Crippen molar-refractivity contribution in [3.8, 4) is 0 Å². The number of hydrogen-bond acceptors (Lipinski definition) is 2. The van der Waals surface area contributed by atoms with Crippen molar-refractivity contribution in [1.29, 1.82) is 0 Å². The summed E-state index contributed by atoms with van der Waals surface area (Å²) in [5, 5.41) is 2.29. The molecule has 1 aliphatic rings. The van der Waals surface area contributed by atoms with Crippen LogP contribution in [0.2, 0.25) is 0 Å². The lowest BCUT2D eigenvalue weighted by Gasteiger charge is -2.23. The zero-order valence-electron chi connectivity index (χ0n) is 10.1. The van der Waals surface area contributed by atoms with Gasteiger partial charge in [-0.1, -0.05) is 49.0 Å². The van der Waals surface area contributed by atoms with Crippen LogP contribution in [0.3, 0.4) is 0 Å². The molecule has 1 aliphatic heterocycles. The molecule has 0 radical (unpaired) electrons. The number of rotatable bonds is 1. The maximum absolute atomic E-state index is 12.0. The smallest absolute Gasteiger partial charge is 0.318 e. The molecule has 0 aliphatic carbocycles. The van der Waals surface area contributed by atoms with Crippen molar-refractivity contribution >= 4 is 16.7 Å². The topological polar surface area (TPSA) is 26.3 Å². The summed E-state index contributed by atoms with van der Waals surface area (Å²) in [6, 6.07) is 14.2. The van der Waals surface area contributed by atoms with E-state index in [0.29, 0.717) is 5.76 Å². The Morgan fingerprint density at radius 3 is 2.72 bits per heavy atom. The van der Waals surface area contributed by atoms with E-state index >= 15 is 0 Å². The number of carbonyl (C=O) groups is 1. The molecule has 0 bridgehead atoms. The van der Waals surface area contributed by atoms with Gasteiger partial charge in [-0.2, -0.15) is 0 Å². The van der Waals surface area contributed by atoms with Crippen LogP contribution < -0.4 is 0 Å². The Morgan fingerprint density at radius 1 is 1.11 bits per heavy atom. The monoisotopic (exact) mass is 238 g/mol. The van der Waals surface area contributed by atoms with Crippen molar-refractivity contribution in [3.63, 3.8) is 0 Å². The van der Waals surface area contributed by atoms with Gasteiger partial charge in [-0.25, -0.2) is 0 Å². The Hall–Kier alpha value is -2.09. The molecule has 0 saturated carbocycles. The van der Waals surface area contributed by atoms with Crippen molar-refractivity contribution in [3.05, 3.63) is 60.4 Å². The van der Waals surface area contributed by atoms with Gasteiger partial charge < -0.3 is 4.74 Å². The molecule has 90 valence electrons. The number of hydrogen-bond donors (Lipinski definition) is 0. The van der Waals surface area contributed by atoms with E-state index in [4.69, 9.17) is 4.74 Å². The second kappa shape index (κ2) is 4.30. The number of allylic oxidation sites excluding steroid dienone is 1. The molecule has 2 aromatic rings. The molecule has 0 amide bonds. The molecule has 1 fully saturated rings. The molecule has 0 aromatic heterocycles. The summed E-state index contributed by atoms with van der Waals surface area (Å²) in [6.07, 6.45) is 1.53. The summed E-state index contributed by atoms with van der Waals surface area (Å²) in [5.41, 5.74) is 1.06. The Balaban J connectivity index is 2.09. The number of esters is 1. The van der Waals surface area contributed by atoms with Crippen LogP contribution in [0.1, 0.15) is 24.3 Å². The van der Waals surface area contributed by atoms with E-state index < -0.39 is 0 Å². The average Bonchev–Trinajstić information content (AvgIpc) is 2.38. The van der Waals surface area contributed by atoms with Gasteiger partial charge in [0.25, 0.3) is 0 Å². The molecule has 3 rings (SSSR count). The fraction of sp³-hybridized carbons (Fsp3) is 0.188. The standard InChI is InChI=1S/C16H14O2/c1-11-9-10-15(16(17)18-11)14-8-4-6-12-5-2-3-7-13(12)14/h2-8,15H,1,9-10H2/t15-/m0/s1. The van der Waals surface area contributed by atoms with Crippen molar-refractivity contribution < 1.29 is 9.53 Å². The first-order valence-corrected chi connectivity index (χ1v) is 6.13. The predicted molar refractivity (Wildman–Crippen MR) is 71.2 cm³/mol. The minimum atomic E-state index is -0.178. The largest absolute Gasteiger partial charge is 0.431 e. The number of ether oxygens (including phenoxy) is 1. The van der Waals surface area contributed by atoms with Crippen LogP contribution in [0.15, 0.2) is 54.8 Å². The van der Waals surface area contributed by atoms with Gasteiger partial charge in [-0.3, -0.25) is 4.79 Å². The zero-order valence-corrected chi connectivity index (χ0v) is 10.1. The lowest BCUT2D eigenvalue weighted by molar-refractivity contribution is -0.143. The maximum atomic E-state index is 12.0. The number of carbonyl (C=O) groups excluding carboxylic acids is 1. The first-order chi connectivity index (χ1) is 8.75. The lowest BCUT2D eigenvalue weighted by atomic mass is 9.88. The minimum absolute atomic E-state index is 0.165. The molecular weight excluding hydrogens is 224 g/mol. The Bertz CT molecular complexity index is 623. The molecule has 1 heterocycles. The fourth-order valence-corrected chi connectivity index (χ4v) is 2.52. The first kappa shape index (κ1) is 11.0. The predicted octanol–water partition coefficient (Wildman–Crippen LogP) is 3.77. The molecular formula is C16H14O2. The second-order valence-corrected chi connectivity index (χ2v) is 4.62. The molecule has 0 spiro atoms. The van der Waals surface area contributed by atoms with Gasteiger partial charge in [0, 0.05) is 6.42 Å². The van der Waals surface area contributed by atoms with Crippen molar-refractivity contribution in [2.24, 2.45) is 0 Å². The van der Waals surface area contributed by atoms with Gasteiger partial charge >= 0.3 is 5.97 Å². The van der Waals surface area contributed by atoms with E-state index in [1.165, 1.54) is 0 Å². The van der Waals surface area contributed by atoms with E-state index in [1.54, 1.807) is 0 Å². The summed E-state index contributed by atoms with van der Waals surface area (Å²) in [6.45, 7) is 3.71. The molecule has 1 saturated heterocycles.